The van der Waals surface area contributed by atoms with Crippen molar-refractivity contribution in [1.29, 1.82) is 0 Å². The van der Waals surface area contributed by atoms with Gasteiger partial charge in [-0.25, -0.2) is 0 Å². The number of benzene rings is 1. The van der Waals surface area contributed by atoms with Crippen LogP contribution in [0.5, 0.6) is 0 Å². The summed E-state index contributed by atoms with van der Waals surface area (Å²) in [5.41, 5.74) is 0.551. The molecule has 90 valence electrons. The summed E-state index contributed by atoms with van der Waals surface area (Å²) >= 11 is 0. The second kappa shape index (κ2) is 4.63. The van der Waals surface area contributed by atoms with Gasteiger partial charge in [0.1, 0.15) is 5.78 Å². The maximum Gasteiger partial charge on any atom is 0.269 e. The molecule has 1 aromatic carbocycles. The van der Waals surface area contributed by atoms with Gasteiger partial charge < -0.3 is 5.11 Å². The Hall–Kier alpha value is -1.75. The average Bonchev–Trinajstić information content (AvgIpc) is 2.74. The zero-order valence-electron chi connectivity index (χ0n) is 9.20. The Labute approximate surface area is 98.2 Å². The van der Waals surface area contributed by atoms with Crippen molar-refractivity contribution in [2.24, 2.45) is 5.92 Å². The monoisotopic (exact) mass is 235 g/mol. The van der Waals surface area contributed by atoms with E-state index in [0.29, 0.717) is 18.4 Å². The Morgan fingerprint density at radius 1 is 1.35 bits per heavy atom. The molecule has 0 bridgehead atoms. The highest BCUT2D eigenvalue weighted by atomic mass is 16.6. The van der Waals surface area contributed by atoms with E-state index in [0.717, 1.165) is 6.42 Å². The molecule has 0 spiro atoms. The van der Waals surface area contributed by atoms with E-state index >= 15 is 0 Å². The molecule has 1 aliphatic carbocycles. The second-order valence-electron chi connectivity index (χ2n) is 4.26. The topological polar surface area (TPSA) is 80.4 Å². The average molecular weight is 235 g/mol. The molecular formula is C12H13NO4. The number of aliphatic hydroxyl groups is 1. The van der Waals surface area contributed by atoms with Crippen LogP contribution in [0.1, 0.15) is 30.9 Å². The summed E-state index contributed by atoms with van der Waals surface area (Å²) in [6, 6.07) is 5.71. The number of nitro groups is 1. The predicted molar refractivity (Wildman–Crippen MR) is 60.4 cm³/mol. The summed E-state index contributed by atoms with van der Waals surface area (Å²) in [4.78, 5) is 21.5. The summed E-state index contributed by atoms with van der Waals surface area (Å²) in [5.74, 6) is -0.271. The van der Waals surface area contributed by atoms with E-state index in [1.165, 1.54) is 24.3 Å². The van der Waals surface area contributed by atoms with E-state index in [1.54, 1.807) is 0 Å². The molecule has 1 aromatic rings. The lowest BCUT2D eigenvalue weighted by Gasteiger charge is -2.16. The molecule has 1 N–H and O–H groups in total. The highest BCUT2D eigenvalue weighted by Gasteiger charge is 2.31. The lowest BCUT2D eigenvalue weighted by Crippen LogP contribution is -2.16. The van der Waals surface area contributed by atoms with E-state index in [1.807, 2.05) is 0 Å². The molecule has 0 saturated heterocycles. The number of hydrogen-bond acceptors (Lipinski definition) is 4. The summed E-state index contributed by atoms with van der Waals surface area (Å²) in [6.07, 6.45) is 1.19. The molecule has 17 heavy (non-hydrogen) atoms. The molecule has 1 aliphatic rings. The van der Waals surface area contributed by atoms with Gasteiger partial charge in [-0.05, 0) is 30.5 Å². The number of Topliss-reactive ketones (excluding diaryl/α,β-unsaturated/α-hetero) is 1. The number of hydrogen-bond donors (Lipinski definition) is 1. The molecule has 0 unspecified atom stereocenters. The van der Waals surface area contributed by atoms with Gasteiger partial charge >= 0.3 is 0 Å². The van der Waals surface area contributed by atoms with Crippen LogP contribution in [0.25, 0.3) is 0 Å². The van der Waals surface area contributed by atoms with Crippen LogP contribution < -0.4 is 0 Å². The van der Waals surface area contributed by atoms with Crippen molar-refractivity contribution in [3.8, 4) is 0 Å². The molecule has 0 aliphatic heterocycles. The molecule has 5 heteroatoms. The number of nitrogens with zero attached hydrogens (tertiary/aromatic N) is 1. The van der Waals surface area contributed by atoms with Gasteiger partial charge in [0.15, 0.2) is 0 Å². The molecule has 0 amide bonds. The van der Waals surface area contributed by atoms with Gasteiger partial charge in [-0.2, -0.15) is 0 Å². The molecule has 0 radical (unpaired) electrons. The Kier molecular flexibility index (Phi) is 3.19. The normalized spacial score (nSPS) is 21.5. The van der Waals surface area contributed by atoms with E-state index in [-0.39, 0.29) is 17.4 Å². The first kappa shape index (κ1) is 11.7. The number of ketones is 1. The Morgan fingerprint density at radius 3 is 2.47 bits per heavy atom. The largest absolute Gasteiger partial charge is 0.388 e. The van der Waals surface area contributed by atoms with Crippen molar-refractivity contribution in [3.63, 3.8) is 0 Å². The Balaban J connectivity index is 2.16. The van der Waals surface area contributed by atoms with Gasteiger partial charge in [0.05, 0.1) is 11.0 Å². The maximum absolute atomic E-state index is 11.5. The van der Waals surface area contributed by atoms with Gasteiger partial charge in [0.2, 0.25) is 0 Å². The highest BCUT2D eigenvalue weighted by molar-refractivity contribution is 5.83. The first-order valence-electron chi connectivity index (χ1n) is 5.54. The van der Waals surface area contributed by atoms with Gasteiger partial charge in [0, 0.05) is 24.5 Å². The van der Waals surface area contributed by atoms with E-state index in [9.17, 15) is 20.0 Å². The van der Waals surface area contributed by atoms with Crippen molar-refractivity contribution < 1.29 is 14.8 Å². The number of rotatable bonds is 3. The van der Waals surface area contributed by atoms with Crippen LogP contribution in [-0.4, -0.2) is 15.8 Å². The molecule has 0 heterocycles. The van der Waals surface area contributed by atoms with Crippen LogP contribution in [0.15, 0.2) is 24.3 Å². The number of aliphatic hydroxyl groups excluding tert-OH is 1. The van der Waals surface area contributed by atoms with Gasteiger partial charge in [-0.15, -0.1) is 0 Å². The third-order valence-electron chi connectivity index (χ3n) is 3.18. The smallest absolute Gasteiger partial charge is 0.269 e. The van der Waals surface area contributed by atoms with Gasteiger partial charge in [-0.3, -0.25) is 14.9 Å². The van der Waals surface area contributed by atoms with Crippen molar-refractivity contribution in [2.75, 3.05) is 0 Å². The minimum atomic E-state index is -0.842. The number of nitro benzene ring substituents is 1. The SMILES string of the molecule is O=C1CCC[C@@H]1[C@@H](O)c1ccc([N+](=O)[O-])cc1. The molecule has 5 nitrogen and oxygen atoms in total. The Bertz CT molecular complexity index is 440. The predicted octanol–water partition coefficient (Wildman–Crippen LogP) is 2.00. The number of non-ortho nitro benzene ring substituents is 1. The van der Waals surface area contributed by atoms with Crippen LogP contribution in [0.3, 0.4) is 0 Å². The summed E-state index contributed by atoms with van der Waals surface area (Å²) in [6.45, 7) is 0. The van der Waals surface area contributed by atoms with Crippen LogP contribution in [0.2, 0.25) is 0 Å². The first-order chi connectivity index (χ1) is 8.09. The first-order valence-corrected chi connectivity index (χ1v) is 5.54. The fourth-order valence-electron chi connectivity index (χ4n) is 2.20. The van der Waals surface area contributed by atoms with Crippen molar-refractivity contribution in [3.05, 3.63) is 39.9 Å². The zero-order valence-corrected chi connectivity index (χ0v) is 9.20. The van der Waals surface area contributed by atoms with E-state index < -0.39 is 11.0 Å². The molecule has 2 rings (SSSR count). The van der Waals surface area contributed by atoms with E-state index in [4.69, 9.17) is 0 Å². The third kappa shape index (κ3) is 2.34. The van der Waals surface area contributed by atoms with E-state index in [2.05, 4.69) is 0 Å². The van der Waals surface area contributed by atoms with Crippen LogP contribution in [0, 0.1) is 16.0 Å². The lowest BCUT2D eigenvalue weighted by molar-refractivity contribution is -0.384. The standard InChI is InChI=1S/C12H13NO4/c14-11-3-1-2-10(11)12(15)8-4-6-9(7-5-8)13(16)17/h4-7,10,12,15H,1-3H2/t10-,12-/m0/s1. The molecule has 1 saturated carbocycles. The second-order valence-corrected chi connectivity index (χ2v) is 4.26. The van der Waals surface area contributed by atoms with Gasteiger partial charge in [-0.1, -0.05) is 0 Å². The minimum Gasteiger partial charge on any atom is -0.388 e. The zero-order chi connectivity index (χ0) is 12.4. The minimum absolute atomic E-state index is 0.0151. The van der Waals surface area contributed by atoms with Crippen molar-refractivity contribution >= 4 is 11.5 Å². The van der Waals surface area contributed by atoms with Crippen LogP contribution in [0.4, 0.5) is 5.69 Å². The van der Waals surface area contributed by atoms with Crippen LogP contribution in [-0.2, 0) is 4.79 Å². The van der Waals surface area contributed by atoms with Crippen molar-refractivity contribution in [1.82, 2.24) is 0 Å². The fourth-order valence-corrected chi connectivity index (χ4v) is 2.20. The summed E-state index contributed by atoms with van der Waals surface area (Å²) < 4.78 is 0. The van der Waals surface area contributed by atoms with Gasteiger partial charge in [0.25, 0.3) is 5.69 Å². The summed E-state index contributed by atoms with van der Waals surface area (Å²) in [7, 11) is 0. The fraction of sp³-hybridized carbons (Fsp3) is 0.417. The Morgan fingerprint density at radius 2 is 2.00 bits per heavy atom. The highest BCUT2D eigenvalue weighted by Crippen LogP contribution is 2.33. The molecule has 2 atom stereocenters. The quantitative estimate of drug-likeness (QED) is 0.641. The summed E-state index contributed by atoms with van der Waals surface area (Å²) in [5, 5.41) is 20.5. The molecule has 1 fully saturated rings. The molecule has 0 aromatic heterocycles. The maximum atomic E-state index is 11.5. The third-order valence-corrected chi connectivity index (χ3v) is 3.18. The van der Waals surface area contributed by atoms with Crippen molar-refractivity contribution in [2.45, 2.75) is 25.4 Å². The number of carbonyl (C=O) groups is 1. The van der Waals surface area contributed by atoms with Crippen LogP contribution >= 0.6 is 0 Å². The molecular weight excluding hydrogens is 222 g/mol. The number of carbonyl (C=O) groups excluding carboxylic acids is 1. The lowest BCUT2D eigenvalue weighted by atomic mass is 9.93.